The number of hydrogen-bond donors (Lipinski definition) is 0. The van der Waals surface area contributed by atoms with Crippen molar-refractivity contribution in [1.29, 1.82) is 0 Å². The molecule has 0 aromatic rings. The first-order valence-electron chi connectivity index (χ1n) is 4.84. The van der Waals surface area contributed by atoms with Crippen molar-refractivity contribution in [2.75, 3.05) is 12.4 Å². The molecule has 0 radical (unpaired) electrons. The van der Waals surface area contributed by atoms with Gasteiger partial charge in [-0.25, -0.2) is 4.21 Å². The molecular weight excluding hydrogens is 208 g/mol. The van der Waals surface area contributed by atoms with Crippen LogP contribution in [-0.2, 0) is 14.7 Å². The summed E-state index contributed by atoms with van der Waals surface area (Å²) in [6, 6.07) is 0. The first kappa shape index (κ1) is 11.5. The molecule has 78 valence electrons. The van der Waals surface area contributed by atoms with Crippen molar-refractivity contribution >= 4 is 20.7 Å². The third-order valence-electron chi connectivity index (χ3n) is 2.33. The molecular formula is C9H17ClO2S. The van der Waals surface area contributed by atoms with Crippen LogP contribution >= 0.6 is 10.7 Å². The number of hydrogen-bond acceptors (Lipinski definition) is 2. The van der Waals surface area contributed by atoms with E-state index < -0.39 is 10.0 Å². The van der Waals surface area contributed by atoms with E-state index in [-0.39, 0.29) is 0 Å². The summed E-state index contributed by atoms with van der Waals surface area (Å²) < 4.78 is 16.3. The largest absolute Gasteiger partial charge is 0.378 e. The van der Waals surface area contributed by atoms with Gasteiger partial charge in [0.2, 0.25) is 0 Å². The van der Waals surface area contributed by atoms with E-state index in [9.17, 15) is 4.21 Å². The number of halogens is 1. The minimum absolute atomic E-state index is 0.305. The van der Waals surface area contributed by atoms with Gasteiger partial charge in [0, 0.05) is 5.75 Å². The van der Waals surface area contributed by atoms with E-state index in [1.165, 1.54) is 25.7 Å². The molecule has 2 unspecified atom stereocenters. The van der Waals surface area contributed by atoms with Crippen LogP contribution in [0.25, 0.3) is 0 Å². The summed E-state index contributed by atoms with van der Waals surface area (Å²) in [7, 11) is 4.18. The molecule has 1 rings (SSSR count). The third kappa shape index (κ3) is 4.99. The Kier molecular flexibility index (Phi) is 5.29. The fourth-order valence-electron chi connectivity index (χ4n) is 1.63. The Morgan fingerprint density at radius 3 is 2.69 bits per heavy atom. The quantitative estimate of drug-likeness (QED) is 0.671. The Labute approximate surface area is 86.9 Å². The van der Waals surface area contributed by atoms with E-state index >= 15 is 0 Å². The molecule has 0 bridgehead atoms. The van der Waals surface area contributed by atoms with Crippen LogP contribution in [0.3, 0.4) is 0 Å². The maximum absolute atomic E-state index is 10.7. The second kappa shape index (κ2) is 5.99. The standard InChI is InChI=1S/C9H17ClO2S/c1-8(7-13(10)11)6-12-9-4-2-3-5-9/h8-9H,2-7H2,1H3. The van der Waals surface area contributed by atoms with Gasteiger partial charge in [0.05, 0.1) is 12.7 Å². The molecule has 0 amide bonds. The lowest BCUT2D eigenvalue weighted by Crippen LogP contribution is -2.17. The monoisotopic (exact) mass is 224 g/mol. The van der Waals surface area contributed by atoms with Gasteiger partial charge in [-0.05, 0) is 29.4 Å². The van der Waals surface area contributed by atoms with Gasteiger partial charge in [0.1, 0.15) is 10.0 Å². The average Bonchev–Trinajstić information content (AvgIpc) is 2.51. The Balaban J connectivity index is 2.06. The number of rotatable bonds is 5. The predicted molar refractivity (Wildman–Crippen MR) is 56.2 cm³/mol. The minimum Gasteiger partial charge on any atom is -0.378 e. The molecule has 0 heterocycles. The Hall–Kier alpha value is 0.400. The van der Waals surface area contributed by atoms with Gasteiger partial charge < -0.3 is 4.74 Å². The van der Waals surface area contributed by atoms with E-state index in [4.69, 9.17) is 15.4 Å². The summed E-state index contributed by atoms with van der Waals surface area (Å²) >= 11 is 0. The normalized spacial score (nSPS) is 23.2. The molecule has 1 aliphatic rings. The van der Waals surface area contributed by atoms with Crippen molar-refractivity contribution in [3.05, 3.63) is 0 Å². The molecule has 1 fully saturated rings. The van der Waals surface area contributed by atoms with Crippen LogP contribution in [-0.4, -0.2) is 22.7 Å². The highest BCUT2D eigenvalue weighted by Gasteiger charge is 2.16. The highest BCUT2D eigenvalue weighted by atomic mass is 35.7. The van der Waals surface area contributed by atoms with Gasteiger partial charge >= 0.3 is 0 Å². The van der Waals surface area contributed by atoms with Gasteiger partial charge in [-0.3, -0.25) is 0 Å². The van der Waals surface area contributed by atoms with Gasteiger partial charge in [0.15, 0.2) is 0 Å². The highest BCUT2D eigenvalue weighted by Crippen LogP contribution is 2.21. The SMILES string of the molecule is CC(COC1CCCC1)CS(=O)Cl. The molecule has 0 spiro atoms. The van der Waals surface area contributed by atoms with Crippen molar-refractivity contribution in [2.24, 2.45) is 5.92 Å². The molecule has 0 aromatic carbocycles. The number of ether oxygens (including phenoxy) is 1. The zero-order valence-electron chi connectivity index (χ0n) is 8.00. The van der Waals surface area contributed by atoms with Crippen molar-refractivity contribution in [3.63, 3.8) is 0 Å². The van der Waals surface area contributed by atoms with Crippen LogP contribution < -0.4 is 0 Å². The minimum atomic E-state index is -1.21. The summed E-state index contributed by atoms with van der Waals surface area (Å²) in [5, 5.41) is 0. The van der Waals surface area contributed by atoms with Gasteiger partial charge in [-0.15, -0.1) is 0 Å². The molecule has 4 heteroatoms. The Bertz CT molecular complexity index is 169. The lowest BCUT2D eigenvalue weighted by molar-refractivity contribution is 0.0414. The lowest BCUT2D eigenvalue weighted by Gasteiger charge is -2.14. The maximum atomic E-state index is 10.7. The van der Waals surface area contributed by atoms with Crippen molar-refractivity contribution < 1.29 is 8.95 Å². The molecule has 0 saturated heterocycles. The predicted octanol–water partition coefficient (Wildman–Crippen LogP) is 2.48. The third-order valence-corrected chi connectivity index (χ3v) is 3.54. The smallest absolute Gasteiger partial charge is 0.115 e. The average molecular weight is 225 g/mol. The van der Waals surface area contributed by atoms with Crippen LogP contribution in [0.2, 0.25) is 0 Å². The van der Waals surface area contributed by atoms with E-state index in [2.05, 4.69) is 0 Å². The van der Waals surface area contributed by atoms with E-state index in [1.807, 2.05) is 6.92 Å². The Morgan fingerprint density at radius 2 is 2.15 bits per heavy atom. The van der Waals surface area contributed by atoms with Gasteiger partial charge in [-0.1, -0.05) is 19.8 Å². The zero-order chi connectivity index (χ0) is 9.68. The van der Waals surface area contributed by atoms with Gasteiger partial charge in [-0.2, -0.15) is 0 Å². The van der Waals surface area contributed by atoms with Crippen LogP contribution in [0.1, 0.15) is 32.6 Å². The summed E-state index contributed by atoms with van der Waals surface area (Å²) in [6.07, 6.45) is 5.42. The second-order valence-corrected chi connectivity index (χ2v) is 5.75. The molecule has 13 heavy (non-hydrogen) atoms. The first-order valence-corrected chi connectivity index (χ1v) is 6.99. The molecule has 2 nitrogen and oxygen atoms in total. The van der Waals surface area contributed by atoms with Crippen molar-refractivity contribution in [1.82, 2.24) is 0 Å². The highest BCUT2D eigenvalue weighted by molar-refractivity contribution is 8.08. The molecule has 0 aromatic heterocycles. The van der Waals surface area contributed by atoms with E-state index in [1.54, 1.807) is 0 Å². The lowest BCUT2D eigenvalue weighted by atomic mass is 10.2. The topological polar surface area (TPSA) is 26.3 Å². The fraction of sp³-hybridized carbons (Fsp3) is 1.00. The van der Waals surface area contributed by atoms with Crippen molar-refractivity contribution in [3.8, 4) is 0 Å². The summed E-state index contributed by atoms with van der Waals surface area (Å²) in [5.74, 6) is 0.841. The molecule has 1 aliphatic carbocycles. The molecule has 0 N–H and O–H groups in total. The fourth-order valence-corrected chi connectivity index (χ4v) is 2.82. The summed E-state index contributed by atoms with van der Waals surface area (Å²) in [5.41, 5.74) is 0. The van der Waals surface area contributed by atoms with Crippen LogP contribution in [0.5, 0.6) is 0 Å². The summed E-state index contributed by atoms with van der Waals surface area (Å²) in [4.78, 5) is 0. The second-order valence-electron chi connectivity index (χ2n) is 3.80. The van der Waals surface area contributed by atoms with E-state index in [0.717, 1.165) is 0 Å². The maximum Gasteiger partial charge on any atom is 0.115 e. The molecule has 2 atom stereocenters. The van der Waals surface area contributed by atoms with Crippen LogP contribution in [0, 0.1) is 5.92 Å². The Morgan fingerprint density at radius 1 is 1.54 bits per heavy atom. The van der Waals surface area contributed by atoms with Gasteiger partial charge in [0.25, 0.3) is 0 Å². The first-order chi connectivity index (χ1) is 6.18. The van der Waals surface area contributed by atoms with E-state index in [0.29, 0.717) is 24.4 Å². The van der Waals surface area contributed by atoms with Crippen LogP contribution in [0.4, 0.5) is 0 Å². The molecule has 1 saturated carbocycles. The molecule has 0 aliphatic heterocycles. The van der Waals surface area contributed by atoms with Crippen LogP contribution in [0.15, 0.2) is 0 Å². The zero-order valence-corrected chi connectivity index (χ0v) is 9.57. The van der Waals surface area contributed by atoms with Crippen molar-refractivity contribution in [2.45, 2.75) is 38.7 Å². The summed E-state index contributed by atoms with van der Waals surface area (Å²) in [6.45, 7) is 2.72.